The molecule has 1 amide bonds. The van der Waals surface area contributed by atoms with Crippen molar-refractivity contribution in [2.24, 2.45) is 0 Å². The van der Waals surface area contributed by atoms with Gasteiger partial charge in [-0.1, -0.05) is 65.7 Å². The summed E-state index contributed by atoms with van der Waals surface area (Å²) in [4.78, 5) is 12.9. The molecule has 0 fully saturated rings. The molecule has 1 aromatic heterocycles. The number of carbonyl (C=O) groups is 1. The van der Waals surface area contributed by atoms with Gasteiger partial charge in [-0.2, -0.15) is 5.10 Å². The molecule has 1 atom stereocenters. The number of fused-ring (bicyclic) bond motifs is 1. The van der Waals surface area contributed by atoms with Crippen LogP contribution in [0.5, 0.6) is 0 Å². The number of hydrogen-bond donors (Lipinski definition) is 1. The van der Waals surface area contributed by atoms with Crippen LogP contribution in [-0.2, 0) is 13.0 Å². The zero-order valence-electron chi connectivity index (χ0n) is 16.9. The summed E-state index contributed by atoms with van der Waals surface area (Å²) in [7, 11) is 0. The molecule has 0 bridgehead atoms. The molecule has 0 saturated carbocycles. The maximum Gasteiger partial charge on any atom is 0.256 e. The Kier molecular flexibility index (Phi) is 5.72. The number of benzene rings is 2. The molecule has 150 valence electrons. The van der Waals surface area contributed by atoms with E-state index in [-0.39, 0.29) is 5.91 Å². The van der Waals surface area contributed by atoms with E-state index in [1.807, 2.05) is 6.92 Å². The number of carbonyl (C=O) groups excluding carboxylic acids is 1. The summed E-state index contributed by atoms with van der Waals surface area (Å²) in [6.07, 6.45) is 3.37. The molecule has 29 heavy (non-hydrogen) atoms. The number of aromatic nitrogens is 2. The lowest BCUT2D eigenvalue weighted by atomic mass is 9.83. The minimum absolute atomic E-state index is 0.147. The largest absolute Gasteiger partial charge is 0.351 e. The third-order valence-corrected chi connectivity index (χ3v) is 6.13. The van der Waals surface area contributed by atoms with Crippen molar-refractivity contribution < 1.29 is 4.79 Å². The number of halogens is 1. The average molecular weight is 408 g/mol. The van der Waals surface area contributed by atoms with Gasteiger partial charge < -0.3 is 5.32 Å². The van der Waals surface area contributed by atoms with E-state index in [0.29, 0.717) is 35.4 Å². The number of nitrogens with one attached hydrogen (secondary N) is 1. The van der Waals surface area contributed by atoms with E-state index in [9.17, 15) is 4.79 Å². The van der Waals surface area contributed by atoms with Crippen molar-refractivity contribution in [1.82, 2.24) is 15.1 Å². The van der Waals surface area contributed by atoms with Gasteiger partial charge in [0, 0.05) is 12.5 Å². The predicted molar refractivity (Wildman–Crippen MR) is 117 cm³/mol. The first-order valence-electron chi connectivity index (χ1n) is 10.2. The standard InChI is InChI=1S/C24H26ClN3O/c1-16-10-12-18(13-11-16)15-28-23(25)22(17(2)27-28)24(29)26-14-20-8-5-7-19-6-3-4-9-21(19)20/h3-4,6,9-13,20H,5,7-8,14-15H2,1-2H3,(H,26,29). The van der Waals surface area contributed by atoms with Gasteiger partial charge in [-0.3, -0.25) is 4.79 Å². The third-order valence-electron chi connectivity index (χ3n) is 5.75. The first-order chi connectivity index (χ1) is 14.0. The van der Waals surface area contributed by atoms with Gasteiger partial charge in [0.2, 0.25) is 0 Å². The summed E-state index contributed by atoms with van der Waals surface area (Å²) < 4.78 is 1.70. The molecule has 1 N–H and O–H groups in total. The highest BCUT2D eigenvalue weighted by atomic mass is 35.5. The lowest BCUT2D eigenvalue weighted by Crippen LogP contribution is -2.30. The van der Waals surface area contributed by atoms with Crippen molar-refractivity contribution in [2.75, 3.05) is 6.54 Å². The monoisotopic (exact) mass is 407 g/mol. The molecule has 1 aliphatic rings. The fraction of sp³-hybridized carbons (Fsp3) is 0.333. The number of rotatable bonds is 5. The van der Waals surface area contributed by atoms with Gasteiger partial charge in [0.15, 0.2) is 0 Å². The second kappa shape index (κ2) is 8.42. The first kappa shape index (κ1) is 19.7. The van der Waals surface area contributed by atoms with Crippen LogP contribution in [0.3, 0.4) is 0 Å². The van der Waals surface area contributed by atoms with Crippen LogP contribution in [0, 0.1) is 13.8 Å². The fourth-order valence-corrected chi connectivity index (χ4v) is 4.47. The molecule has 1 aliphatic carbocycles. The van der Waals surface area contributed by atoms with Crippen LogP contribution in [0.2, 0.25) is 5.15 Å². The van der Waals surface area contributed by atoms with Gasteiger partial charge in [0.25, 0.3) is 5.91 Å². The van der Waals surface area contributed by atoms with Crippen LogP contribution >= 0.6 is 11.6 Å². The van der Waals surface area contributed by atoms with Crippen molar-refractivity contribution in [2.45, 2.75) is 45.6 Å². The maximum atomic E-state index is 12.9. The Morgan fingerprint density at radius 1 is 1.17 bits per heavy atom. The minimum Gasteiger partial charge on any atom is -0.351 e. The highest BCUT2D eigenvalue weighted by molar-refractivity contribution is 6.33. The Hall–Kier alpha value is -2.59. The van der Waals surface area contributed by atoms with E-state index in [1.165, 1.54) is 16.7 Å². The van der Waals surface area contributed by atoms with Gasteiger partial charge in [-0.15, -0.1) is 0 Å². The molecule has 0 radical (unpaired) electrons. The lowest BCUT2D eigenvalue weighted by Gasteiger charge is -2.25. The summed E-state index contributed by atoms with van der Waals surface area (Å²) in [5, 5.41) is 8.00. The predicted octanol–water partition coefficient (Wildman–Crippen LogP) is 5.05. The second-order valence-electron chi connectivity index (χ2n) is 7.89. The summed E-state index contributed by atoms with van der Waals surface area (Å²) in [5.41, 5.74) is 6.20. The SMILES string of the molecule is Cc1ccc(Cn2nc(C)c(C(=O)NCC3CCCc4ccccc43)c2Cl)cc1. The van der Waals surface area contributed by atoms with Crippen LogP contribution in [-0.4, -0.2) is 22.2 Å². The summed E-state index contributed by atoms with van der Waals surface area (Å²) in [5.74, 6) is 0.205. The molecule has 4 nitrogen and oxygen atoms in total. The third kappa shape index (κ3) is 4.23. The highest BCUT2D eigenvalue weighted by Crippen LogP contribution is 2.31. The van der Waals surface area contributed by atoms with Gasteiger partial charge in [-0.25, -0.2) is 4.68 Å². The topological polar surface area (TPSA) is 46.9 Å². The van der Waals surface area contributed by atoms with Crippen LogP contribution < -0.4 is 5.32 Å². The smallest absolute Gasteiger partial charge is 0.256 e. The van der Waals surface area contributed by atoms with Gasteiger partial charge in [0.05, 0.1) is 17.8 Å². The van der Waals surface area contributed by atoms with Crippen LogP contribution in [0.15, 0.2) is 48.5 Å². The Morgan fingerprint density at radius 2 is 1.93 bits per heavy atom. The van der Waals surface area contributed by atoms with Crippen LogP contribution in [0.4, 0.5) is 0 Å². The first-order valence-corrected chi connectivity index (χ1v) is 10.5. The summed E-state index contributed by atoms with van der Waals surface area (Å²) >= 11 is 6.55. The fourth-order valence-electron chi connectivity index (χ4n) is 4.15. The molecule has 1 heterocycles. The Labute approximate surface area is 176 Å². The van der Waals surface area contributed by atoms with Crippen molar-refractivity contribution in [3.63, 3.8) is 0 Å². The van der Waals surface area contributed by atoms with Crippen LogP contribution in [0.25, 0.3) is 0 Å². The normalized spacial score (nSPS) is 15.8. The molecule has 5 heteroatoms. The van der Waals surface area contributed by atoms with Crippen molar-refractivity contribution in [3.05, 3.63) is 87.2 Å². The van der Waals surface area contributed by atoms with E-state index in [2.05, 4.69) is 65.9 Å². The molecular formula is C24H26ClN3O. The van der Waals surface area contributed by atoms with E-state index in [1.54, 1.807) is 4.68 Å². The highest BCUT2D eigenvalue weighted by Gasteiger charge is 2.24. The zero-order chi connectivity index (χ0) is 20.4. The Balaban J connectivity index is 1.47. The van der Waals surface area contributed by atoms with Gasteiger partial charge in [-0.05, 0) is 49.8 Å². The van der Waals surface area contributed by atoms with Crippen molar-refractivity contribution >= 4 is 17.5 Å². The number of nitrogens with zero attached hydrogens (tertiary/aromatic N) is 2. The van der Waals surface area contributed by atoms with Gasteiger partial charge in [0.1, 0.15) is 5.15 Å². The molecule has 0 saturated heterocycles. The lowest BCUT2D eigenvalue weighted by molar-refractivity contribution is 0.0949. The molecule has 2 aromatic carbocycles. The second-order valence-corrected chi connectivity index (χ2v) is 8.25. The Bertz CT molecular complexity index is 1020. The Morgan fingerprint density at radius 3 is 2.72 bits per heavy atom. The van der Waals surface area contributed by atoms with E-state index < -0.39 is 0 Å². The maximum absolute atomic E-state index is 12.9. The minimum atomic E-state index is -0.147. The molecule has 1 unspecified atom stereocenters. The van der Waals surface area contributed by atoms with E-state index >= 15 is 0 Å². The van der Waals surface area contributed by atoms with Gasteiger partial charge >= 0.3 is 0 Å². The van der Waals surface area contributed by atoms with Crippen LogP contribution in [0.1, 0.15) is 57.1 Å². The van der Waals surface area contributed by atoms with E-state index in [0.717, 1.165) is 24.8 Å². The zero-order valence-corrected chi connectivity index (χ0v) is 17.7. The van der Waals surface area contributed by atoms with Crippen molar-refractivity contribution in [3.8, 4) is 0 Å². The number of amides is 1. The molecule has 3 aromatic rings. The summed E-state index contributed by atoms with van der Waals surface area (Å²) in [6, 6.07) is 16.8. The van der Waals surface area contributed by atoms with E-state index in [4.69, 9.17) is 11.6 Å². The number of hydrogen-bond acceptors (Lipinski definition) is 2. The summed E-state index contributed by atoms with van der Waals surface area (Å²) in [6.45, 7) is 5.06. The molecule has 4 rings (SSSR count). The average Bonchev–Trinajstić information content (AvgIpc) is 3.01. The number of aryl methyl sites for hydroxylation is 3. The van der Waals surface area contributed by atoms with Crippen molar-refractivity contribution in [1.29, 1.82) is 0 Å². The molecule has 0 spiro atoms. The molecule has 0 aliphatic heterocycles. The quantitative estimate of drug-likeness (QED) is 0.643. The molecular weight excluding hydrogens is 382 g/mol.